The Kier molecular flexibility index (Phi) is 5.35. The number of hydrogen-bond acceptors (Lipinski definition) is 4. The number of amides is 1. The normalized spacial score (nSPS) is 11.0. The fraction of sp³-hybridized carbons (Fsp3) is 0.176. The van der Waals surface area contributed by atoms with E-state index in [2.05, 4.69) is 5.32 Å². The molecule has 6 nitrogen and oxygen atoms in total. The molecule has 0 atom stereocenters. The second-order valence-electron chi connectivity index (χ2n) is 5.31. The highest BCUT2D eigenvalue weighted by Gasteiger charge is 2.11. The Hall–Kier alpha value is -2.67. The summed E-state index contributed by atoms with van der Waals surface area (Å²) in [5.74, 6) is -1.34. The minimum atomic E-state index is -3.36. The first-order chi connectivity index (χ1) is 11.3. The summed E-state index contributed by atoms with van der Waals surface area (Å²) in [6, 6.07) is 12.3. The zero-order chi connectivity index (χ0) is 17.7. The number of rotatable bonds is 6. The van der Waals surface area contributed by atoms with Gasteiger partial charge in [0, 0.05) is 18.4 Å². The van der Waals surface area contributed by atoms with Crippen LogP contribution in [0.2, 0.25) is 0 Å². The van der Waals surface area contributed by atoms with Crippen molar-refractivity contribution in [3.8, 4) is 0 Å². The van der Waals surface area contributed by atoms with E-state index < -0.39 is 15.8 Å². The van der Waals surface area contributed by atoms with Crippen LogP contribution in [-0.2, 0) is 16.3 Å². The first-order valence-electron chi connectivity index (χ1n) is 7.18. The molecule has 126 valence electrons. The number of carboxylic acids is 1. The molecule has 0 aliphatic carbocycles. The highest BCUT2D eigenvalue weighted by atomic mass is 32.2. The molecule has 0 saturated heterocycles. The lowest BCUT2D eigenvalue weighted by molar-refractivity contribution is 0.0696. The van der Waals surface area contributed by atoms with E-state index in [9.17, 15) is 18.0 Å². The Labute approximate surface area is 140 Å². The number of hydrogen-bond donors (Lipinski definition) is 2. The average molecular weight is 347 g/mol. The molecule has 2 N–H and O–H groups in total. The van der Waals surface area contributed by atoms with Gasteiger partial charge in [-0.2, -0.15) is 0 Å². The fourth-order valence-corrected chi connectivity index (χ4v) is 2.77. The van der Waals surface area contributed by atoms with Gasteiger partial charge in [0.2, 0.25) is 0 Å². The first kappa shape index (κ1) is 17.7. The van der Waals surface area contributed by atoms with E-state index >= 15 is 0 Å². The van der Waals surface area contributed by atoms with Crippen LogP contribution in [0.3, 0.4) is 0 Å². The van der Waals surface area contributed by atoms with Gasteiger partial charge >= 0.3 is 5.97 Å². The zero-order valence-corrected chi connectivity index (χ0v) is 13.8. The smallest absolute Gasteiger partial charge is 0.335 e. The molecule has 1 amide bonds. The molecular weight excluding hydrogens is 330 g/mol. The van der Waals surface area contributed by atoms with E-state index in [-0.39, 0.29) is 21.9 Å². The largest absolute Gasteiger partial charge is 0.478 e. The number of nitrogens with one attached hydrogen (secondary N) is 1. The molecule has 0 bridgehead atoms. The van der Waals surface area contributed by atoms with E-state index in [0.29, 0.717) is 13.0 Å². The van der Waals surface area contributed by atoms with Crippen molar-refractivity contribution in [1.82, 2.24) is 5.32 Å². The van der Waals surface area contributed by atoms with Crippen LogP contribution in [0, 0.1) is 0 Å². The summed E-state index contributed by atoms with van der Waals surface area (Å²) in [6.07, 6.45) is 1.63. The molecule has 2 aromatic rings. The molecule has 0 unspecified atom stereocenters. The predicted octanol–water partition coefficient (Wildman–Crippen LogP) is 1.76. The van der Waals surface area contributed by atoms with E-state index in [1.54, 1.807) is 18.2 Å². The SMILES string of the molecule is CS(=O)(=O)c1cccc(C(=O)NCCc2ccc(C(=O)O)cc2)c1. The van der Waals surface area contributed by atoms with Gasteiger partial charge in [-0.25, -0.2) is 13.2 Å². The standard InChI is InChI=1S/C17H17NO5S/c1-24(22,23)15-4-2-3-14(11-15)16(19)18-10-9-12-5-7-13(8-6-12)17(20)21/h2-8,11H,9-10H2,1H3,(H,18,19)(H,20,21). The van der Waals surface area contributed by atoms with E-state index in [1.165, 1.54) is 30.3 Å². The lowest BCUT2D eigenvalue weighted by Crippen LogP contribution is -2.25. The van der Waals surface area contributed by atoms with Gasteiger partial charge in [0.15, 0.2) is 9.84 Å². The summed E-state index contributed by atoms with van der Waals surface area (Å²) < 4.78 is 23.0. The summed E-state index contributed by atoms with van der Waals surface area (Å²) in [5.41, 5.74) is 1.38. The number of sulfone groups is 1. The van der Waals surface area contributed by atoms with Crippen molar-refractivity contribution < 1.29 is 23.1 Å². The fourth-order valence-electron chi connectivity index (χ4n) is 2.10. The van der Waals surface area contributed by atoms with Crippen LogP contribution in [0.15, 0.2) is 53.4 Å². The van der Waals surface area contributed by atoms with Crippen molar-refractivity contribution in [2.75, 3.05) is 12.8 Å². The van der Waals surface area contributed by atoms with Crippen LogP contribution in [-0.4, -0.2) is 38.2 Å². The summed E-state index contributed by atoms with van der Waals surface area (Å²) in [6.45, 7) is 0.356. The first-order valence-corrected chi connectivity index (χ1v) is 9.07. The number of benzene rings is 2. The third-order valence-corrected chi connectivity index (χ3v) is 4.53. The Morgan fingerprint density at radius 2 is 1.71 bits per heavy atom. The molecule has 2 rings (SSSR count). The second-order valence-corrected chi connectivity index (χ2v) is 7.32. The predicted molar refractivity (Wildman–Crippen MR) is 89.0 cm³/mol. The summed E-state index contributed by atoms with van der Waals surface area (Å²) in [4.78, 5) is 22.9. The van der Waals surface area contributed by atoms with Gasteiger partial charge in [-0.05, 0) is 42.3 Å². The van der Waals surface area contributed by atoms with E-state index in [1.807, 2.05) is 0 Å². The van der Waals surface area contributed by atoms with Crippen LogP contribution in [0.25, 0.3) is 0 Å². The molecule has 0 aliphatic heterocycles. The Bertz CT molecular complexity index is 857. The van der Waals surface area contributed by atoms with Gasteiger partial charge in [0.1, 0.15) is 0 Å². The Balaban J connectivity index is 1.95. The van der Waals surface area contributed by atoms with Gasteiger partial charge in [-0.3, -0.25) is 4.79 Å². The van der Waals surface area contributed by atoms with Gasteiger partial charge in [0.05, 0.1) is 10.5 Å². The maximum Gasteiger partial charge on any atom is 0.335 e. The molecule has 0 aromatic heterocycles. The monoisotopic (exact) mass is 347 g/mol. The molecular formula is C17H17NO5S. The van der Waals surface area contributed by atoms with Crippen molar-refractivity contribution in [1.29, 1.82) is 0 Å². The summed E-state index contributed by atoms with van der Waals surface area (Å²) in [7, 11) is -3.36. The van der Waals surface area contributed by atoms with Crippen molar-refractivity contribution in [2.24, 2.45) is 0 Å². The van der Waals surface area contributed by atoms with Crippen LogP contribution < -0.4 is 5.32 Å². The minimum Gasteiger partial charge on any atom is -0.478 e. The molecule has 0 heterocycles. The van der Waals surface area contributed by atoms with Gasteiger partial charge < -0.3 is 10.4 Å². The van der Waals surface area contributed by atoms with Crippen LogP contribution in [0.1, 0.15) is 26.3 Å². The molecule has 0 spiro atoms. The number of carbonyl (C=O) groups excluding carboxylic acids is 1. The van der Waals surface area contributed by atoms with E-state index in [0.717, 1.165) is 11.8 Å². The molecule has 0 fully saturated rings. The molecule has 2 aromatic carbocycles. The number of carbonyl (C=O) groups is 2. The average Bonchev–Trinajstić information content (AvgIpc) is 2.54. The third kappa shape index (κ3) is 4.66. The topological polar surface area (TPSA) is 101 Å². The second kappa shape index (κ2) is 7.27. The highest BCUT2D eigenvalue weighted by molar-refractivity contribution is 7.90. The minimum absolute atomic E-state index is 0.0967. The van der Waals surface area contributed by atoms with Crippen molar-refractivity contribution in [3.05, 3.63) is 65.2 Å². The van der Waals surface area contributed by atoms with Crippen LogP contribution >= 0.6 is 0 Å². The van der Waals surface area contributed by atoms with Gasteiger partial charge in [0.25, 0.3) is 5.91 Å². The maximum absolute atomic E-state index is 12.1. The third-order valence-electron chi connectivity index (χ3n) is 3.42. The lowest BCUT2D eigenvalue weighted by Gasteiger charge is -2.07. The van der Waals surface area contributed by atoms with Crippen molar-refractivity contribution in [2.45, 2.75) is 11.3 Å². The quantitative estimate of drug-likeness (QED) is 0.829. The van der Waals surface area contributed by atoms with Gasteiger partial charge in [-0.1, -0.05) is 18.2 Å². The maximum atomic E-state index is 12.1. The van der Waals surface area contributed by atoms with Crippen LogP contribution in [0.5, 0.6) is 0 Å². The highest BCUT2D eigenvalue weighted by Crippen LogP contribution is 2.11. The number of carboxylic acid groups (broad SMARTS) is 1. The molecule has 24 heavy (non-hydrogen) atoms. The molecule has 7 heteroatoms. The zero-order valence-electron chi connectivity index (χ0n) is 13.0. The molecule has 0 radical (unpaired) electrons. The number of aromatic carboxylic acids is 1. The summed E-state index contributed by atoms with van der Waals surface area (Å²) >= 11 is 0. The van der Waals surface area contributed by atoms with Crippen molar-refractivity contribution in [3.63, 3.8) is 0 Å². The van der Waals surface area contributed by atoms with E-state index in [4.69, 9.17) is 5.11 Å². The van der Waals surface area contributed by atoms with Crippen molar-refractivity contribution >= 4 is 21.7 Å². The Morgan fingerprint density at radius 1 is 1.04 bits per heavy atom. The van der Waals surface area contributed by atoms with Crippen LogP contribution in [0.4, 0.5) is 0 Å². The Morgan fingerprint density at radius 3 is 2.29 bits per heavy atom. The lowest BCUT2D eigenvalue weighted by atomic mass is 10.1. The molecule has 0 aliphatic rings. The van der Waals surface area contributed by atoms with Gasteiger partial charge in [-0.15, -0.1) is 0 Å². The molecule has 0 saturated carbocycles. The summed E-state index contributed by atoms with van der Waals surface area (Å²) in [5, 5.41) is 11.5.